The highest BCUT2D eigenvalue weighted by Crippen LogP contribution is 2.16. The van der Waals surface area contributed by atoms with Crippen LogP contribution in [0.2, 0.25) is 0 Å². The molecule has 0 bridgehead atoms. The van der Waals surface area contributed by atoms with Crippen molar-refractivity contribution in [3.8, 4) is 5.75 Å². The molecular weight excluding hydrogens is 420 g/mol. The third kappa shape index (κ3) is 10.1. The third-order valence-electron chi connectivity index (χ3n) is 4.12. The Kier molecular flexibility index (Phi) is 11.5. The van der Waals surface area contributed by atoms with Gasteiger partial charge in [-0.3, -0.25) is 10.2 Å². The number of halogens is 2. The Morgan fingerprint density at radius 1 is 1.19 bits per heavy atom. The van der Waals surface area contributed by atoms with Gasteiger partial charge in [-0.25, -0.2) is 0 Å². The molecule has 5 N–H and O–H groups in total. The number of alkyl halides is 2. The fraction of sp³-hybridized carbons (Fsp3) is 0.364. The van der Waals surface area contributed by atoms with Gasteiger partial charge in [0.2, 0.25) is 5.91 Å². The number of nitrogens with two attached hydrogens (primary N) is 1. The molecule has 0 saturated carbocycles. The maximum Gasteiger partial charge on any atom is 0.387 e. The predicted octanol–water partition coefficient (Wildman–Crippen LogP) is 4.34. The van der Waals surface area contributed by atoms with Crippen molar-refractivity contribution in [1.82, 2.24) is 5.32 Å². The Labute approximate surface area is 186 Å². The fourth-order valence-electron chi connectivity index (χ4n) is 2.62. The number of nitrogens with zero attached hydrogens (tertiary/aromatic N) is 2. The number of aliphatic hydroxyl groups excluding tert-OH is 1. The SMILES string of the molecule is CC(C)CC(=O)NC(C)c1ccc(C(=N)N=NN)cc1.OCc1cccc(OC(F)F)c1. The molecular formula is C22H29F2N5O3. The number of benzene rings is 2. The van der Waals surface area contributed by atoms with Gasteiger partial charge < -0.3 is 21.0 Å². The molecule has 0 heterocycles. The molecule has 2 aromatic rings. The van der Waals surface area contributed by atoms with Gasteiger partial charge in [0.15, 0.2) is 5.84 Å². The molecule has 0 saturated heterocycles. The first-order valence-electron chi connectivity index (χ1n) is 9.90. The van der Waals surface area contributed by atoms with Crippen molar-refractivity contribution in [1.29, 1.82) is 5.41 Å². The summed E-state index contributed by atoms with van der Waals surface area (Å²) in [5.41, 5.74) is 2.15. The Morgan fingerprint density at radius 3 is 2.38 bits per heavy atom. The molecule has 0 aliphatic carbocycles. The Hall–Kier alpha value is -3.40. The number of carbonyl (C=O) groups is 1. The van der Waals surface area contributed by atoms with Gasteiger partial charge in [0, 0.05) is 12.0 Å². The lowest BCUT2D eigenvalue weighted by molar-refractivity contribution is -0.122. The zero-order valence-corrected chi connectivity index (χ0v) is 18.3. The minimum absolute atomic E-state index is 0.00977. The molecule has 8 nitrogen and oxygen atoms in total. The molecule has 0 aliphatic rings. The molecule has 2 rings (SSSR count). The van der Waals surface area contributed by atoms with Gasteiger partial charge in [-0.1, -0.05) is 55.5 Å². The van der Waals surface area contributed by atoms with Crippen LogP contribution in [-0.2, 0) is 11.4 Å². The zero-order valence-electron chi connectivity index (χ0n) is 18.3. The number of amides is 1. The molecule has 10 heteroatoms. The number of ether oxygens (including phenoxy) is 1. The molecule has 0 aromatic heterocycles. The van der Waals surface area contributed by atoms with E-state index in [1.54, 1.807) is 24.3 Å². The number of nitrogens with one attached hydrogen (secondary N) is 2. The summed E-state index contributed by atoms with van der Waals surface area (Å²) in [5, 5.41) is 25.7. The highest BCUT2D eigenvalue weighted by atomic mass is 19.3. The number of amidine groups is 1. The van der Waals surface area contributed by atoms with Crippen LogP contribution in [0.4, 0.5) is 8.78 Å². The molecule has 1 amide bonds. The minimum atomic E-state index is -2.82. The molecule has 1 atom stereocenters. The van der Waals surface area contributed by atoms with Gasteiger partial charge in [-0.15, -0.1) is 5.11 Å². The van der Waals surface area contributed by atoms with Crippen LogP contribution in [0.3, 0.4) is 0 Å². The molecule has 2 aromatic carbocycles. The average Bonchev–Trinajstić information content (AvgIpc) is 2.73. The van der Waals surface area contributed by atoms with E-state index in [0.29, 0.717) is 23.5 Å². The first kappa shape index (κ1) is 26.6. The Bertz CT molecular complexity index is 889. The zero-order chi connectivity index (χ0) is 24.1. The van der Waals surface area contributed by atoms with E-state index < -0.39 is 6.61 Å². The predicted molar refractivity (Wildman–Crippen MR) is 117 cm³/mol. The number of rotatable bonds is 8. The second-order valence-corrected chi connectivity index (χ2v) is 7.26. The van der Waals surface area contributed by atoms with Gasteiger partial charge in [-0.05, 0) is 36.1 Å². The van der Waals surface area contributed by atoms with Crippen LogP contribution in [0.1, 0.15) is 49.9 Å². The quantitative estimate of drug-likeness (QED) is 0.157. The second-order valence-electron chi connectivity index (χ2n) is 7.26. The van der Waals surface area contributed by atoms with Crippen molar-refractivity contribution < 1.29 is 23.4 Å². The number of aliphatic hydroxyl groups is 1. The Morgan fingerprint density at radius 2 is 1.84 bits per heavy atom. The first-order valence-corrected chi connectivity index (χ1v) is 9.90. The van der Waals surface area contributed by atoms with E-state index in [4.69, 9.17) is 16.4 Å². The lowest BCUT2D eigenvalue weighted by Gasteiger charge is -2.15. The van der Waals surface area contributed by atoms with Crippen molar-refractivity contribution in [3.63, 3.8) is 0 Å². The van der Waals surface area contributed by atoms with E-state index in [-0.39, 0.29) is 30.1 Å². The maximum absolute atomic E-state index is 11.7. The van der Waals surface area contributed by atoms with E-state index >= 15 is 0 Å². The summed E-state index contributed by atoms with van der Waals surface area (Å²) >= 11 is 0. The van der Waals surface area contributed by atoms with Crippen molar-refractivity contribution >= 4 is 11.7 Å². The number of carbonyl (C=O) groups excluding carboxylic acids is 1. The first-order chi connectivity index (χ1) is 15.2. The average molecular weight is 450 g/mol. The van der Waals surface area contributed by atoms with Crippen LogP contribution in [0.25, 0.3) is 0 Å². The summed E-state index contributed by atoms with van der Waals surface area (Å²) < 4.78 is 27.5. The van der Waals surface area contributed by atoms with Crippen LogP contribution in [0.5, 0.6) is 5.75 Å². The van der Waals surface area contributed by atoms with E-state index in [9.17, 15) is 13.6 Å². The summed E-state index contributed by atoms with van der Waals surface area (Å²) in [5.74, 6) is 5.37. The number of hydrogen-bond donors (Lipinski definition) is 4. The van der Waals surface area contributed by atoms with Gasteiger partial charge in [0.25, 0.3) is 0 Å². The van der Waals surface area contributed by atoms with E-state index in [1.807, 2.05) is 32.9 Å². The molecule has 1 unspecified atom stereocenters. The van der Waals surface area contributed by atoms with Gasteiger partial charge in [0.1, 0.15) is 5.75 Å². The standard InChI is InChI=1S/C14H21N5O.C8H8F2O2/c1-9(2)8-13(20)17-10(3)11-4-6-12(7-5-11)14(15)18-19-16;9-8(10)12-7-3-1-2-6(4-7)5-11/h4-7,9-10H,8H2,1-3H3,(H,17,20)(H3,15,16,18);1-4,8,11H,5H2. The van der Waals surface area contributed by atoms with Crippen molar-refractivity contribution in [2.24, 2.45) is 22.1 Å². The lowest BCUT2D eigenvalue weighted by atomic mass is 10.0. The highest BCUT2D eigenvalue weighted by Gasteiger charge is 2.11. The smallest absolute Gasteiger partial charge is 0.387 e. The molecule has 32 heavy (non-hydrogen) atoms. The van der Waals surface area contributed by atoms with Crippen LogP contribution in [0.15, 0.2) is 58.9 Å². The van der Waals surface area contributed by atoms with Crippen molar-refractivity contribution in [2.45, 2.75) is 46.5 Å². The molecule has 0 aliphatic heterocycles. The minimum Gasteiger partial charge on any atom is -0.435 e. The summed E-state index contributed by atoms with van der Waals surface area (Å²) in [6, 6.07) is 13.1. The van der Waals surface area contributed by atoms with Crippen molar-refractivity contribution in [2.75, 3.05) is 0 Å². The highest BCUT2D eigenvalue weighted by molar-refractivity contribution is 5.96. The second kappa shape index (κ2) is 13.8. The van der Waals surface area contributed by atoms with E-state index in [1.165, 1.54) is 12.1 Å². The molecule has 0 radical (unpaired) electrons. The van der Waals surface area contributed by atoms with Crippen LogP contribution >= 0.6 is 0 Å². The normalized spacial score (nSPS) is 11.8. The van der Waals surface area contributed by atoms with E-state index in [0.717, 1.165) is 5.56 Å². The fourth-order valence-corrected chi connectivity index (χ4v) is 2.62. The van der Waals surface area contributed by atoms with E-state index in [2.05, 4.69) is 20.4 Å². The summed E-state index contributed by atoms with van der Waals surface area (Å²) in [6.07, 6.45) is 0.518. The maximum atomic E-state index is 11.7. The lowest BCUT2D eigenvalue weighted by Crippen LogP contribution is -2.27. The summed E-state index contributed by atoms with van der Waals surface area (Å²) in [7, 11) is 0. The number of hydrogen-bond acceptors (Lipinski definition) is 5. The van der Waals surface area contributed by atoms with Crippen LogP contribution < -0.4 is 15.9 Å². The summed E-state index contributed by atoms with van der Waals surface area (Å²) in [6.45, 7) is 2.95. The third-order valence-corrected chi connectivity index (χ3v) is 4.12. The van der Waals surface area contributed by atoms with Crippen LogP contribution in [0, 0.1) is 11.3 Å². The largest absolute Gasteiger partial charge is 0.435 e. The van der Waals surface area contributed by atoms with Gasteiger partial charge in [0.05, 0.1) is 12.6 Å². The van der Waals surface area contributed by atoms with Crippen molar-refractivity contribution in [3.05, 3.63) is 65.2 Å². The molecule has 0 spiro atoms. The molecule has 0 fully saturated rings. The topological polar surface area (TPSA) is 133 Å². The molecule has 174 valence electrons. The van der Waals surface area contributed by atoms with Gasteiger partial charge >= 0.3 is 6.61 Å². The summed E-state index contributed by atoms with van der Waals surface area (Å²) in [4.78, 5) is 11.7. The Balaban J connectivity index is 0.000000363. The van der Waals surface area contributed by atoms with Crippen LogP contribution in [-0.4, -0.2) is 23.5 Å². The monoisotopic (exact) mass is 449 g/mol. The van der Waals surface area contributed by atoms with Gasteiger partial charge in [-0.2, -0.15) is 8.78 Å².